The summed E-state index contributed by atoms with van der Waals surface area (Å²) < 4.78 is 3.84. The lowest BCUT2D eigenvalue weighted by Crippen LogP contribution is -2.04. The molecule has 0 aliphatic rings. The third-order valence-electron chi connectivity index (χ3n) is 3.68. The van der Waals surface area contributed by atoms with Crippen LogP contribution in [-0.2, 0) is 20.1 Å². The minimum atomic E-state index is 0.676. The second-order valence-electron chi connectivity index (χ2n) is 5.17. The molecule has 0 aromatic carbocycles. The van der Waals surface area contributed by atoms with Crippen molar-refractivity contribution in [1.29, 1.82) is 0 Å². The van der Waals surface area contributed by atoms with E-state index in [9.17, 15) is 0 Å². The lowest BCUT2D eigenvalue weighted by Gasteiger charge is -2.04. The van der Waals surface area contributed by atoms with Crippen molar-refractivity contribution >= 4 is 22.6 Å². The minimum Gasteiger partial charge on any atom is -0.328 e. The summed E-state index contributed by atoms with van der Waals surface area (Å²) in [7, 11) is 3.80. The zero-order valence-electron chi connectivity index (χ0n) is 12.4. The average molecular weight is 304 g/mol. The molecule has 110 valence electrons. The van der Waals surface area contributed by atoms with Crippen molar-refractivity contribution in [3.63, 3.8) is 0 Å². The van der Waals surface area contributed by atoms with Gasteiger partial charge in [-0.05, 0) is 31.7 Å². The number of nitrogens with one attached hydrogen (secondary N) is 1. The fourth-order valence-corrected chi connectivity index (χ4v) is 2.91. The molecule has 0 saturated carbocycles. The van der Waals surface area contributed by atoms with Crippen molar-refractivity contribution in [2.24, 2.45) is 7.05 Å². The van der Waals surface area contributed by atoms with Gasteiger partial charge in [-0.1, -0.05) is 11.6 Å². The quantitative estimate of drug-likeness (QED) is 0.805. The molecular formula is C15H18ClN5. The Hall–Kier alpha value is -1.85. The lowest BCUT2D eigenvalue weighted by molar-refractivity contribution is 0.756. The molecule has 0 aliphatic heterocycles. The predicted octanol–water partition coefficient (Wildman–Crippen LogP) is 2.50. The molecule has 21 heavy (non-hydrogen) atoms. The number of nitrogens with zero attached hydrogens (tertiary/aromatic N) is 4. The van der Waals surface area contributed by atoms with Crippen LogP contribution in [0, 0.1) is 6.92 Å². The SMILES string of the molecule is CNCc1cn(Cc2c(C)nn(C)c2Cl)c2ncccc12. The third-order valence-corrected chi connectivity index (χ3v) is 4.15. The summed E-state index contributed by atoms with van der Waals surface area (Å²) in [5.74, 6) is 0. The first-order chi connectivity index (χ1) is 10.1. The average Bonchev–Trinajstić information content (AvgIpc) is 2.93. The molecule has 0 amide bonds. The van der Waals surface area contributed by atoms with Gasteiger partial charge in [0, 0.05) is 36.9 Å². The zero-order valence-corrected chi connectivity index (χ0v) is 13.1. The summed E-state index contributed by atoms with van der Waals surface area (Å²) in [6.07, 6.45) is 3.95. The molecule has 0 fully saturated rings. The van der Waals surface area contributed by atoms with Gasteiger partial charge >= 0.3 is 0 Å². The fraction of sp³-hybridized carbons (Fsp3) is 0.333. The van der Waals surface area contributed by atoms with Gasteiger partial charge in [0.2, 0.25) is 0 Å². The van der Waals surface area contributed by atoms with E-state index in [0.717, 1.165) is 23.4 Å². The molecule has 0 bridgehead atoms. The molecular weight excluding hydrogens is 286 g/mol. The Labute approximate surface area is 128 Å². The van der Waals surface area contributed by atoms with E-state index < -0.39 is 0 Å². The first-order valence-electron chi connectivity index (χ1n) is 6.87. The van der Waals surface area contributed by atoms with Gasteiger partial charge in [0.15, 0.2) is 0 Å². The van der Waals surface area contributed by atoms with Crippen molar-refractivity contribution in [2.75, 3.05) is 7.05 Å². The van der Waals surface area contributed by atoms with E-state index in [1.54, 1.807) is 4.68 Å². The number of hydrogen-bond donors (Lipinski definition) is 1. The number of aryl methyl sites for hydroxylation is 2. The van der Waals surface area contributed by atoms with Gasteiger partial charge in [0.1, 0.15) is 10.8 Å². The molecule has 3 aromatic heterocycles. The normalized spacial score (nSPS) is 11.4. The highest BCUT2D eigenvalue weighted by atomic mass is 35.5. The molecule has 3 heterocycles. The van der Waals surface area contributed by atoms with Crippen molar-refractivity contribution < 1.29 is 0 Å². The molecule has 3 aromatic rings. The van der Waals surface area contributed by atoms with Crippen LogP contribution in [0.4, 0.5) is 0 Å². The van der Waals surface area contributed by atoms with Crippen molar-refractivity contribution in [3.05, 3.63) is 46.5 Å². The number of halogens is 1. The summed E-state index contributed by atoms with van der Waals surface area (Å²) in [6.45, 7) is 3.47. The van der Waals surface area contributed by atoms with Crippen LogP contribution in [0.2, 0.25) is 5.15 Å². The van der Waals surface area contributed by atoms with E-state index in [2.05, 4.69) is 32.2 Å². The molecule has 6 heteroatoms. The van der Waals surface area contributed by atoms with E-state index >= 15 is 0 Å². The van der Waals surface area contributed by atoms with Crippen molar-refractivity contribution in [2.45, 2.75) is 20.0 Å². The first-order valence-corrected chi connectivity index (χ1v) is 7.25. The van der Waals surface area contributed by atoms with Gasteiger partial charge in [-0.15, -0.1) is 0 Å². The number of hydrogen-bond acceptors (Lipinski definition) is 3. The lowest BCUT2D eigenvalue weighted by atomic mass is 10.2. The molecule has 0 unspecified atom stereocenters. The molecule has 0 spiro atoms. The van der Waals surface area contributed by atoms with Gasteiger partial charge in [0.25, 0.3) is 0 Å². The summed E-state index contributed by atoms with van der Waals surface area (Å²) in [6, 6.07) is 4.07. The van der Waals surface area contributed by atoms with Crippen molar-refractivity contribution in [1.82, 2.24) is 24.6 Å². The highest BCUT2D eigenvalue weighted by molar-refractivity contribution is 6.30. The van der Waals surface area contributed by atoms with Crippen LogP contribution in [0.25, 0.3) is 11.0 Å². The van der Waals surface area contributed by atoms with Crippen molar-refractivity contribution in [3.8, 4) is 0 Å². The maximum atomic E-state index is 6.34. The molecule has 0 atom stereocenters. The van der Waals surface area contributed by atoms with Crippen LogP contribution in [0.3, 0.4) is 0 Å². The Balaban J connectivity index is 2.08. The van der Waals surface area contributed by atoms with Crippen LogP contribution in [0.15, 0.2) is 24.5 Å². The van der Waals surface area contributed by atoms with Gasteiger partial charge in [-0.3, -0.25) is 4.68 Å². The molecule has 3 rings (SSSR count). The Morgan fingerprint density at radius 1 is 1.38 bits per heavy atom. The van der Waals surface area contributed by atoms with E-state index in [0.29, 0.717) is 11.7 Å². The van der Waals surface area contributed by atoms with E-state index in [1.165, 1.54) is 10.9 Å². The fourth-order valence-electron chi connectivity index (χ4n) is 2.67. The molecule has 0 aliphatic carbocycles. The Morgan fingerprint density at radius 3 is 2.86 bits per heavy atom. The number of rotatable bonds is 4. The van der Waals surface area contributed by atoms with Crippen LogP contribution in [0.5, 0.6) is 0 Å². The Bertz CT molecular complexity index is 787. The van der Waals surface area contributed by atoms with E-state index in [-0.39, 0.29) is 0 Å². The van der Waals surface area contributed by atoms with Crippen LogP contribution >= 0.6 is 11.6 Å². The number of fused-ring (bicyclic) bond motifs is 1. The van der Waals surface area contributed by atoms with Gasteiger partial charge in [0.05, 0.1) is 12.2 Å². The molecule has 5 nitrogen and oxygen atoms in total. The third kappa shape index (κ3) is 2.43. The topological polar surface area (TPSA) is 47.7 Å². The van der Waals surface area contributed by atoms with Crippen LogP contribution in [-0.4, -0.2) is 26.4 Å². The highest BCUT2D eigenvalue weighted by Gasteiger charge is 2.15. The molecule has 1 N–H and O–H groups in total. The van der Waals surface area contributed by atoms with Gasteiger partial charge in [-0.2, -0.15) is 5.10 Å². The molecule has 0 saturated heterocycles. The highest BCUT2D eigenvalue weighted by Crippen LogP contribution is 2.24. The maximum Gasteiger partial charge on any atom is 0.140 e. The predicted molar refractivity (Wildman–Crippen MR) is 84.6 cm³/mol. The largest absolute Gasteiger partial charge is 0.328 e. The first kappa shape index (κ1) is 14.1. The standard InChI is InChI=1S/C15H18ClN5/c1-10-13(14(16)20(3)19-10)9-21-8-11(7-17-2)12-5-4-6-18-15(12)21/h4-6,8,17H,7,9H2,1-3H3. The monoisotopic (exact) mass is 303 g/mol. The second-order valence-corrected chi connectivity index (χ2v) is 5.52. The summed E-state index contributed by atoms with van der Waals surface area (Å²) in [5, 5.41) is 9.42. The maximum absolute atomic E-state index is 6.34. The number of pyridine rings is 1. The van der Waals surface area contributed by atoms with E-state index in [4.69, 9.17) is 11.6 Å². The zero-order chi connectivity index (χ0) is 15.0. The second kappa shape index (κ2) is 5.50. The Morgan fingerprint density at radius 2 is 2.19 bits per heavy atom. The van der Waals surface area contributed by atoms with Crippen LogP contribution in [0.1, 0.15) is 16.8 Å². The van der Waals surface area contributed by atoms with E-state index in [1.807, 2.05) is 33.3 Å². The summed E-state index contributed by atoms with van der Waals surface area (Å²) >= 11 is 6.34. The summed E-state index contributed by atoms with van der Waals surface area (Å²) in [5.41, 5.74) is 4.20. The summed E-state index contributed by atoms with van der Waals surface area (Å²) in [4.78, 5) is 4.51. The smallest absolute Gasteiger partial charge is 0.140 e. The number of aromatic nitrogens is 4. The van der Waals surface area contributed by atoms with Gasteiger partial charge in [-0.25, -0.2) is 4.98 Å². The van der Waals surface area contributed by atoms with Crippen LogP contribution < -0.4 is 5.32 Å². The van der Waals surface area contributed by atoms with Gasteiger partial charge < -0.3 is 9.88 Å². The molecule has 0 radical (unpaired) electrons. The Kier molecular flexibility index (Phi) is 3.69. The minimum absolute atomic E-state index is 0.676.